The number of benzene rings is 1. The zero-order valence-electron chi connectivity index (χ0n) is 17.6. The van der Waals surface area contributed by atoms with Crippen molar-refractivity contribution in [3.8, 4) is 17.2 Å². The fourth-order valence-electron chi connectivity index (χ4n) is 3.49. The highest BCUT2D eigenvalue weighted by molar-refractivity contribution is 7.89. The van der Waals surface area contributed by atoms with Crippen molar-refractivity contribution in [1.82, 2.24) is 14.2 Å². The van der Waals surface area contributed by atoms with Gasteiger partial charge in [-0.1, -0.05) is 0 Å². The number of amides is 1. The molecule has 1 amide bonds. The lowest BCUT2D eigenvalue weighted by atomic mass is 10.3. The molecular weight excluding hydrogens is 456 g/mol. The Hall–Kier alpha value is -3.45. The minimum atomic E-state index is -3.78. The Labute approximate surface area is 189 Å². The number of rotatable bonds is 6. The first-order valence-electron chi connectivity index (χ1n) is 10.3. The molecule has 2 aromatic rings. The van der Waals surface area contributed by atoms with Crippen molar-refractivity contribution in [3.05, 3.63) is 46.6 Å². The van der Waals surface area contributed by atoms with Gasteiger partial charge in [0.2, 0.25) is 15.8 Å². The van der Waals surface area contributed by atoms with E-state index in [0.29, 0.717) is 31.1 Å². The van der Waals surface area contributed by atoms with E-state index >= 15 is 0 Å². The number of pyridine rings is 1. The lowest BCUT2D eigenvalue weighted by molar-refractivity contribution is -0.390. The standard InChI is InChI=1S/C20H22N4O8S/c25-19(14-32-17-3-1-6-21-20(17)24(26)27)22-7-9-23(10-8-22)33(28,29)15-4-5-16-18(13-15)31-12-2-11-30-16/h1,3-6,13H,2,7-12,14H2. The Balaban J connectivity index is 1.36. The van der Waals surface area contributed by atoms with Crippen LogP contribution in [-0.4, -0.2) is 79.4 Å². The van der Waals surface area contributed by atoms with E-state index in [9.17, 15) is 23.3 Å². The van der Waals surface area contributed by atoms with Gasteiger partial charge in [0.25, 0.3) is 5.91 Å². The SMILES string of the molecule is O=C(COc1cccnc1[N+](=O)[O-])N1CCN(S(=O)(=O)c2ccc3c(c2)OCCCO3)CC1. The third-order valence-electron chi connectivity index (χ3n) is 5.22. The van der Waals surface area contributed by atoms with Gasteiger partial charge in [-0.15, -0.1) is 0 Å². The summed E-state index contributed by atoms with van der Waals surface area (Å²) in [5, 5.41) is 11.0. The fourth-order valence-corrected chi connectivity index (χ4v) is 4.93. The molecule has 0 saturated carbocycles. The molecule has 0 aliphatic carbocycles. The fraction of sp³-hybridized carbons (Fsp3) is 0.400. The van der Waals surface area contributed by atoms with Crippen LogP contribution >= 0.6 is 0 Å². The topological polar surface area (TPSA) is 141 Å². The molecule has 1 saturated heterocycles. The molecule has 2 aliphatic rings. The largest absolute Gasteiger partial charge is 0.490 e. The predicted octanol–water partition coefficient (Wildman–Crippen LogP) is 1.06. The van der Waals surface area contributed by atoms with Crippen molar-refractivity contribution in [2.75, 3.05) is 46.0 Å². The number of carbonyl (C=O) groups is 1. The minimum absolute atomic E-state index is 0.0961. The molecule has 4 rings (SSSR count). The molecule has 1 aromatic heterocycles. The van der Waals surface area contributed by atoms with Crippen LogP contribution in [0.3, 0.4) is 0 Å². The van der Waals surface area contributed by atoms with Crippen LogP contribution in [0.2, 0.25) is 0 Å². The first kappa shape index (κ1) is 22.7. The van der Waals surface area contributed by atoms with Crippen LogP contribution in [0.5, 0.6) is 17.2 Å². The molecule has 2 aliphatic heterocycles. The monoisotopic (exact) mass is 478 g/mol. The van der Waals surface area contributed by atoms with E-state index in [4.69, 9.17) is 14.2 Å². The number of nitrogens with zero attached hydrogens (tertiary/aromatic N) is 4. The van der Waals surface area contributed by atoms with E-state index in [2.05, 4.69) is 4.98 Å². The molecule has 0 atom stereocenters. The summed E-state index contributed by atoms with van der Waals surface area (Å²) in [7, 11) is -3.78. The second-order valence-corrected chi connectivity index (χ2v) is 9.25. The average molecular weight is 478 g/mol. The van der Waals surface area contributed by atoms with E-state index in [1.165, 1.54) is 39.7 Å². The van der Waals surface area contributed by atoms with Gasteiger partial charge in [0.15, 0.2) is 18.1 Å². The van der Waals surface area contributed by atoms with Crippen LogP contribution in [0.4, 0.5) is 5.82 Å². The molecule has 0 N–H and O–H groups in total. The number of hydrogen-bond acceptors (Lipinski definition) is 9. The predicted molar refractivity (Wildman–Crippen MR) is 114 cm³/mol. The van der Waals surface area contributed by atoms with E-state index in [1.807, 2.05) is 0 Å². The molecule has 0 radical (unpaired) electrons. The maximum Gasteiger partial charge on any atom is 0.406 e. The van der Waals surface area contributed by atoms with E-state index in [0.717, 1.165) is 0 Å². The Morgan fingerprint density at radius 3 is 2.58 bits per heavy atom. The summed E-state index contributed by atoms with van der Waals surface area (Å²) in [6, 6.07) is 7.35. The minimum Gasteiger partial charge on any atom is -0.490 e. The number of piperazine rings is 1. The van der Waals surface area contributed by atoms with Crippen LogP contribution in [0.1, 0.15) is 6.42 Å². The maximum atomic E-state index is 13.1. The highest BCUT2D eigenvalue weighted by Crippen LogP contribution is 2.33. The normalized spacial score (nSPS) is 16.7. The smallest absolute Gasteiger partial charge is 0.406 e. The van der Waals surface area contributed by atoms with E-state index in [-0.39, 0.29) is 36.8 Å². The first-order chi connectivity index (χ1) is 15.9. The number of hydrogen-bond donors (Lipinski definition) is 0. The average Bonchev–Trinajstić information content (AvgIpc) is 3.07. The summed E-state index contributed by atoms with van der Waals surface area (Å²) in [6.07, 6.45) is 1.97. The maximum absolute atomic E-state index is 13.1. The van der Waals surface area contributed by atoms with Crippen molar-refractivity contribution < 1.29 is 32.3 Å². The Bertz CT molecular complexity index is 1150. The van der Waals surface area contributed by atoms with Crippen molar-refractivity contribution in [3.63, 3.8) is 0 Å². The van der Waals surface area contributed by atoms with Crippen LogP contribution in [0.15, 0.2) is 41.4 Å². The van der Waals surface area contributed by atoms with Crippen LogP contribution in [-0.2, 0) is 14.8 Å². The zero-order chi connectivity index (χ0) is 23.4. The van der Waals surface area contributed by atoms with E-state index in [1.54, 1.807) is 6.07 Å². The number of fused-ring (bicyclic) bond motifs is 1. The summed E-state index contributed by atoms with van der Waals surface area (Å²) in [4.78, 5) is 28.0. The van der Waals surface area contributed by atoms with Crippen LogP contribution in [0, 0.1) is 10.1 Å². The van der Waals surface area contributed by atoms with Gasteiger partial charge in [0.05, 0.1) is 18.1 Å². The molecule has 33 heavy (non-hydrogen) atoms. The number of carbonyl (C=O) groups excluding carboxylic acids is 1. The van der Waals surface area contributed by atoms with Gasteiger partial charge in [-0.2, -0.15) is 4.31 Å². The van der Waals surface area contributed by atoms with Gasteiger partial charge < -0.3 is 29.2 Å². The Morgan fingerprint density at radius 2 is 1.85 bits per heavy atom. The summed E-state index contributed by atoms with van der Waals surface area (Å²) >= 11 is 0. The first-order valence-corrected chi connectivity index (χ1v) is 11.7. The second-order valence-electron chi connectivity index (χ2n) is 7.31. The molecule has 0 spiro atoms. The lowest BCUT2D eigenvalue weighted by Crippen LogP contribution is -2.51. The van der Waals surface area contributed by atoms with Crippen molar-refractivity contribution in [1.29, 1.82) is 0 Å². The molecule has 0 bridgehead atoms. The molecule has 1 fully saturated rings. The molecule has 3 heterocycles. The molecule has 176 valence electrons. The van der Waals surface area contributed by atoms with Gasteiger partial charge in [-0.3, -0.25) is 4.79 Å². The molecule has 12 nitrogen and oxygen atoms in total. The number of ether oxygens (including phenoxy) is 3. The van der Waals surface area contributed by atoms with Crippen molar-refractivity contribution in [2.24, 2.45) is 0 Å². The summed E-state index contributed by atoms with van der Waals surface area (Å²) < 4.78 is 43.9. The lowest BCUT2D eigenvalue weighted by Gasteiger charge is -2.34. The summed E-state index contributed by atoms with van der Waals surface area (Å²) in [6.45, 7) is 1.09. The van der Waals surface area contributed by atoms with Crippen LogP contribution < -0.4 is 14.2 Å². The van der Waals surface area contributed by atoms with Gasteiger partial charge in [0, 0.05) is 38.7 Å². The quantitative estimate of drug-likeness (QED) is 0.440. The van der Waals surface area contributed by atoms with Gasteiger partial charge >= 0.3 is 5.82 Å². The molecule has 0 unspecified atom stereocenters. The molecular formula is C20H22N4O8S. The number of sulfonamides is 1. The second kappa shape index (κ2) is 9.58. The highest BCUT2D eigenvalue weighted by atomic mass is 32.2. The number of aromatic nitrogens is 1. The number of nitro groups is 1. The Kier molecular flexibility index (Phi) is 6.60. The summed E-state index contributed by atoms with van der Waals surface area (Å²) in [5.41, 5.74) is 0. The molecule has 1 aromatic carbocycles. The third-order valence-corrected chi connectivity index (χ3v) is 7.12. The van der Waals surface area contributed by atoms with E-state index < -0.39 is 33.3 Å². The van der Waals surface area contributed by atoms with Gasteiger partial charge in [0.1, 0.15) is 6.20 Å². The Morgan fingerprint density at radius 1 is 1.12 bits per heavy atom. The van der Waals surface area contributed by atoms with Crippen molar-refractivity contribution >= 4 is 21.7 Å². The van der Waals surface area contributed by atoms with Crippen molar-refractivity contribution in [2.45, 2.75) is 11.3 Å². The van der Waals surface area contributed by atoms with Gasteiger partial charge in [-0.25, -0.2) is 8.42 Å². The zero-order valence-corrected chi connectivity index (χ0v) is 18.4. The molecule has 13 heteroatoms. The summed E-state index contributed by atoms with van der Waals surface area (Å²) in [5.74, 6) is -0.0802. The highest BCUT2D eigenvalue weighted by Gasteiger charge is 2.31. The third kappa shape index (κ3) is 4.98. The van der Waals surface area contributed by atoms with Crippen LogP contribution in [0.25, 0.3) is 0 Å². The van der Waals surface area contributed by atoms with Gasteiger partial charge in [-0.05, 0) is 34.2 Å².